The highest BCUT2D eigenvalue weighted by Gasteiger charge is 2.33. The Morgan fingerprint density at radius 3 is 2.76 bits per heavy atom. The number of nitrogens with zero attached hydrogens (tertiary/aromatic N) is 2. The summed E-state index contributed by atoms with van der Waals surface area (Å²) in [6.45, 7) is 0.501. The molecule has 1 fully saturated rings. The number of rotatable bonds is 6. The minimum absolute atomic E-state index is 0.0342. The number of benzene rings is 1. The molecule has 1 aromatic heterocycles. The van der Waals surface area contributed by atoms with E-state index in [0.29, 0.717) is 18.3 Å². The van der Waals surface area contributed by atoms with E-state index in [2.05, 4.69) is 4.98 Å². The lowest BCUT2D eigenvalue weighted by Crippen LogP contribution is -2.36. The zero-order valence-corrected chi connectivity index (χ0v) is 12.2. The van der Waals surface area contributed by atoms with Crippen molar-refractivity contribution >= 4 is 17.2 Å². The maximum absolute atomic E-state index is 12.8. The number of aromatic nitrogens is 1. The molecule has 1 amide bonds. The molecule has 1 saturated carbocycles. The second-order valence-electron chi connectivity index (χ2n) is 4.92. The second kappa shape index (κ2) is 6.22. The molecular weight excluding hydrogens is 291 g/mol. The van der Waals surface area contributed by atoms with Crippen LogP contribution in [-0.4, -0.2) is 28.4 Å². The first kappa shape index (κ1) is 14.0. The van der Waals surface area contributed by atoms with Gasteiger partial charge in [0.1, 0.15) is 16.6 Å². The fourth-order valence-corrected chi connectivity index (χ4v) is 2.66. The predicted molar refractivity (Wildman–Crippen MR) is 77.6 cm³/mol. The van der Waals surface area contributed by atoms with Crippen LogP contribution in [0.3, 0.4) is 0 Å². The molecule has 0 saturated heterocycles. The summed E-state index contributed by atoms with van der Waals surface area (Å²) in [7, 11) is 0. The van der Waals surface area contributed by atoms with Crippen molar-refractivity contribution in [3.63, 3.8) is 0 Å². The summed E-state index contributed by atoms with van der Waals surface area (Å²) in [4.78, 5) is 18.3. The van der Waals surface area contributed by atoms with E-state index in [1.807, 2.05) is 10.3 Å². The molecule has 110 valence electrons. The number of amides is 1. The summed E-state index contributed by atoms with van der Waals surface area (Å²) in [6.07, 6.45) is 3.81. The van der Waals surface area contributed by atoms with Crippen LogP contribution in [0.4, 0.5) is 4.39 Å². The van der Waals surface area contributed by atoms with Gasteiger partial charge in [-0.05, 0) is 37.1 Å². The van der Waals surface area contributed by atoms with Gasteiger partial charge in [-0.1, -0.05) is 0 Å². The van der Waals surface area contributed by atoms with E-state index in [-0.39, 0.29) is 18.3 Å². The van der Waals surface area contributed by atoms with E-state index in [1.165, 1.54) is 24.3 Å². The van der Waals surface area contributed by atoms with Gasteiger partial charge in [-0.25, -0.2) is 9.37 Å². The molecule has 1 aliphatic rings. The highest BCUT2D eigenvalue weighted by molar-refractivity contribution is 7.09. The van der Waals surface area contributed by atoms with Crippen molar-refractivity contribution in [3.8, 4) is 5.75 Å². The summed E-state index contributed by atoms with van der Waals surface area (Å²) in [5, 5.41) is 2.83. The second-order valence-corrected chi connectivity index (χ2v) is 5.90. The lowest BCUT2D eigenvalue weighted by molar-refractivity contribution is -0.134. The third-order valence-corrected chi connectivity index (χ3v) is 4.04. The Hall–Kier alpha value is -1.95. The Kier molecular flexibility index (Phi) is 4.15. The van der Waals surface area contributed by atoms with E-state index in [0.717, 1.165) is 17.8 Å². The molecule has 4 nitrogen and oxygen atoms in total. The molecule has 0 N–H and O–H groups in total. The minimum atomic E-state index is -0.322. The van der Waals surface area contributed by atoms with E-state index in [9.17, 15) is 9.18 Å². The Balaban J connectivity index is 1.58. The number of carbonyl (C=O) groups excluding carboxylic acids is 1. The van der Waals surface area contributed by atoms with Crippen molar-refractivity contribution in [2.75, 3.05) is 6.61 Å². The summed E-state index contributed by atoms with van der Waals surface area (Å²) in [5.74, 6) is 0.115. The minimum Gasteiger partial charge on any atom is -0.484 e. The third kappa shape index (κ3) is 3.78. The van der Waals surface area contributed by atoms with Gasteiger partial charge in [-0.15, -0.1) is 11.3 Å². The number of hydrogen-bond donors (Lipinski definition) is 0. The Morgan fingerprint density at radius 2 is 2.14 bits per heavy atom. The van der Waals surface area contributed by atoms with Crippen molar-refractivity contribution in [3.05, 3.63) is 46.7 Å². The van der Waals surface area contributed by atoms with Gasteiger partial charge < -0.3 is 9.64 Å². The maximum atomic E-state index is 12.8. The van der Waals surface area contributed by atoms with Gasteiger partial charge in [0.25, 0.3) is 5.91 Å². The summed E-state index contributed by atoms with van der Waals surface area (Å²) >= 11 is 1.54. The van der Waals surface area contributed by atoms with Crippen LogP contribution in [0.25, 0.3) is 0 Å². The summed E-state index contributed by atoms with van der Waals surface area (Å²) in [6, 6.07) is 5.97. The van der Waals surface area contributed by atoms with Crippen LogP contribution in [0.2, 0.25) is 0 Å². The summed E-state index contributed by atoms with van der Waals surface area (Å²) < 4.78 is 18.2. The standard InChI is InChI=1S/C15H15FN2O2S/c16-11-1-5-13(6-2-11)20-10-15(19)18(12-3-4-12)9-14-17-7-8-21-14/h1-2,5-8,12H,3-4,9-10H2. The highest BCUT2D eigenvalue weighted by atomic mass is 32.1. The molecule has 21 heavy (non-hydrogen) atoms. The fraction of sp³-hybridized carbons (Fsp3) is 0.333. The van der Waals surface area contributed by atoms with Gasteiger partial charge in [0, 0.05) is 17.6 Å². The van der Waals surface area contributed by atoms with Crippen molar-refractivity contribution in [1.82, 2.24) is 9.88 Å². The van der Waals surface area contributed by atoms with Gasteiger partial charge in [-0.2, -0.15) is 0 Å². The molecule has 1 aliphatic carbocycles. The van der Waals surface area contributed by atoms with Gasteiger partial charge in [-0.3, -0.25) is 4.79 Å². The Labute approximate surface area is 126 Å². The first-order chi connectivity index (χ1) is 10.2. The maximum Gasteiger partial charge on any atom is 0.261 e. The quantitative estimate of drug-likeness (QED) is 0.824. The van der Waals surface area contributed by atoms with Gasteiger partial charge >= 0.3 is 0 Å². The fourth-order valence-electron chi connectivity index (χ4n) is 2.04. The normalized spacial score (nSPS) is 14.0. The van der Waals surface area contributed by atoms with Crippen LogP contribution in [-0.2, 0) is 11.3 Å². The van der Waals surface area contributed by atoms with Crippen LogP contribution in [0.5, 0.6) is 5.75 Å². The first-order valence-corrected chi connectivity index (χ1v) is 7.66. The van der Waals surface area contributed by atoms with Crippen LogP contribution in [0, 0.1) is 5.82 Å². The Morgan fingerprint density at radius 1 is 1.38 bits per heavy atom. The van der Waals surface area contributed by atoms with Crippen LogP contribution >= 0.6 is 11.3 Å². The molecule has 0 spiro atoms. The van der Waals surface area contributed by atoms with Crippen LogP contribution in [0.1, 0.15) is 17.8 Å². The van der Waals surface area contributed by atoms with Crippen LogP contribution < -0.4 is 4.74 Å². The van der Waals surface area contributed by atoms with E-state index >= 15 is 0 Å². The zero-order valence-electron chi connectivity index (χ0n) is 11.4. The van der Waals surface area contributed by atoms with Gasteiger partial charge in [0.2, 0.25) is 0 Å². The molecule has 0 aliphatic heterocycles. The van der Waals surface area contributed by atoms with Gasteiger partial charge in [0.05, 0.1) is 6.54 Å². The SMILES string of the molecule is O=C(COc1ccc(F)cc1)N(Cc1nccs1)C1CC1. The van der Waals surface area contributed by atoms with Crippen molar-refractivity contribution in [1.29, 1.82) is 0 Å². The average Bonchev–Trinajstić information content (AvgIpc) is 3.20. The predicted octanol–water partition coefficient (Wildman–Crippen LogP) is 2.85. The third-order valence-electron chi connectivity index (χ3n) is 3.27. The van der Waals surface area contributed by atoms with Crippen molar-refractivity contribution in [2.45, 2.75) is 25.4 Å². The number of halogens is 1. The van der Waals surface area contributed by atoms with E-state index in [4.69, 9.17) is 4.74 Å². The van der Waals surface area contributed by atoms with Crippen LogP contribution in [0.15, 0.2) is 35.8 Å². The van der Waals surface area contributed by atoms with Gasteiger partial charge in [0.15, 0.2) is 6.61 Å². The molecule has 1 heterocycles. The topological polar surface area (TPSA) is 42.4 Å². The molecule has 0 atom stereocenters. The molecule has 2 aromatic rings. The smallest absolute Gasteiger partial charge is 0.261 e. The molecule has 1 aromatic carbocycles. The molecule has 3 rings (SSSR count). The molecular formula is C15H15FN2O2S. The Bertz CT molecular complexity index is 597. The first-order valence-electron chi connectivity index (χ1n) is 6.78. The van der Waals surface area contributed by atoms with E-state index < -0.39 is 0 Å². The molecule has 6 heteroatoms. The lowest BCUT2D eigenvalue weighted by atomic mass is 10.3. The van der Waals surface area contributed by atoms with Crippen molar-refractivity contribution < 1.29 is 13.9 Å². The molecule has 0 unspecified atom stereocenters. The number of thiazole rings is 1. The lowest BCUT2D eigenvalue weighted by Gasteiger charge is -2.21. The monoisotopic (exact) mass is 306 g/mol. The molecule has 0 bridgehead atoms. The summed E-state index contributed by atoms with van der Waals surface area (Å²) in [5.41, 5.74) is 0. The number of ether oxygens (including phenoxy) is 1. The highest BCUT2D eigenvalue weighted by Crippen LogP contribution is 2.29. The van der Waals surface area contributed by atoms with Crippen molar-refractivity contribution in [2.24, 2.45) is 0 Å². The number of hydrogen-bond acceptors (Lipinski definition) is 4. The number of carbonyl (C=O) groups is 1. The largest absolute Gasteiger partial charge is 0.484 e. The average molecular weight is 306 g/mol. The molecule has 0 radical (unpaired) electrons. The zero-order chi connectivity index (χ0) is 14.7. The van der Waals surface area contributed by atoms with E-state index in [1.54, 1.807) is 17.5 Å².